The Labute approximate surface area is 204 Å². The minimum Gasteiger partial charge on any atom is -0.507 e. The Morgan fingerprint density at radius 3 is 2.20 bits per heavy atom. The van der Waals surface area contributed by atoms with Crippen molar-refractivity contribution in [2.75, 3.05) is 14.2 Å². The number of aliphatic hydroxyl groups excluding tert-OH is 1. The Bertz CT molecular complexity index is 1150. The number of benzene rings is 2. The van der Waals surface area contributed by atoms with Crippen LogP contribution < -0.4 is 14.2 Å². The molecule has 2 atom stereocenters. The van der Waals surface area contributed by atoms with Crippen molar-refractivity contribution in [1.29, 1.82) is 0 Å². The number of ether oxygens (including phenoxy) is 3. The molecule has 2 aromatic carbocycles. The molecule has 0 radical (unpaired) electrons. The summed E-state index contributed by atoms with van der Waals surface area (Å²) in [6.07, 6.45) is 3.14. The maximum absolute atomic E-state index is 13.1. The lowest BCUT2D eigenvalue weighted by molar-refractivity contribution is 0.0208. The van der Waals surface area contributed by atoms with Crippen molar-refractivity contribution >= 4 is 5.78 Å². The molecular weight excluding hydrogens is 452 g/mol. The molecule has 0 aliphatic carbocycles. The maximum Gasteiger partial charge on any atom is 0.202 e. The minimum atomic E-state index is -1.65. The van der Waals surface area contributed by atoms with E-state index >= 15 is 0 Å². The van der Waals surface area contributed by atoms with E-state index in [1.54, 1.807) is 0 Å². The summed E-state index contributed by atoms with van der Waals surface area (Å²) in [7, 11) is 2.71. The highest BCUT2D eigenvalue weighted by atomic mass is 16.5. The van der Waals surface area contributed by atoms with Gasteiger partial charge in [0, 0.05) is 17.2 Å². The highest BCUT2D eigenvalue weighted by Gasteiger charge is 2.40. The minimum absolute atomic E-state index is 0.0562. The zero-order valence-electron chi connectivity index (χ0n) is 20.6. The first kappa shape index (κ1) is 26.0. The average molecular weight is 485 g/mol. The summed E-state index contributed by atoms with van der Waals surface area (Å²) in [6.45, 7) is 6.04. The first-order valence-corrected chi connectivity index (χ1v) is 11.3. The van der Waals surface area contributed by atoms with Crippen molar-refractivity contribution in [2.45, 2.75) is 52.2 Å². The molecule has 0 saturated heterocycles. The van der Waals surface area contributed by atoms with Gasteiger partial charge >= 0.3 is 0 Å². The molecule has 1 heterocycles. The van der Waals surface area contributed by atoms with Crippen LogP contribution in [0, 0.1) is 0 Å². The van der Waals surface area contributed by atoms with Crippen LogP contribution in [0.1, 0.15) is 61.2 Å². The van der Waals surface area contributed by atoms with Crippen molar-refractivity contribution < 1.29 is 39.4 Å². The molecule has 0 amide bonds. The molecule has 8 heteroatoms. The number of hydrogen-bond donors (Lipinski definition) is 4. The molecule has 1 aliphatic rings. The van der Waals surface area contributed by atoms with Crippen LogP contribution in [0.15, 0.2) is 41.5 Å². The highest BCUT2D eigenvalue weighted by Crippen LogP contribution is 2.47. The molecule has 2 aromatic rings. The number of phenolic OH excluding ortho intramolecular Hbond substituents is 3. The number of aromatic hydroxyl groups is 3. The second-order valence-corrected chi connectivity index (χ2v) is 8.79. The number of carbonyl (C=O) groups excluding carboxylic acids is 1. The third-order valence-corrected chi connectivity index (χ3v) is 5.98. The summed E-state index contributed by atoms with van der Waals surface area (Å²) < 4.78 is 16.1. The summed E-state index contributed by atoms with van der Waals surface area (Å²) in [4.78, 5) is 13.1. The van der Waals surface area contributed by atoms with E-state index in [1.807, 2.05) is 26.8 Å². The van der Waals surface area contributed by atoms with E-state index in [9.17, 15) is 25.2 Å². The Hall–Kier alpha value is -3.65. The fourth-order valence-electron chi connectivity index (χ4n) is 3.99. The lowest BCUT2D eigenvalue weighted by Gasteiger charge is -2.31. The SMILES string of the molecule is COc1cc(C2Oc3cc(O)c(CC=C(C)CCC=C(C)C)c(O)c3C(=O)C2O)cc(OC)c1O. The Balaban J connectivity index is 1.94. The van der Waals surface area contributed by atoms with Gasteiger partial charge in [-0.25, -0.2) is 0 Å². The molecule has 35 heavy (non-hydrogen) atoms. The normalized spacial score (nSPS) is 17.4. The van der Waals surface area contributed by atoms with Crippen LogP contribution in [0.5, 0.6) is 34.5 Å². The van der Waals surface area contributed by atoms with Crippen molar-refractivity contribution in [3.05, 3.63) is 58.2 Å². The van der Waals surface area contributed by atoms with Gasteiger partial charge in [-0.1, -0.05) is 23.3 Å². The Morgan fingerprint density at radius 2 is 1.63 bits per heavy atom. The second-order valence-electron chi connectivity index (χ2n) is 8.79. The highest BCUT2D eigenvalue weighted by molar-refractivity contribution is 6.06. The number of hydrogen-bond acceptors (Lipinski definition) is 8. The number of methoxy groups -OCH3 is 2. The van der Waals surface area contributed by atoms with Gasteiger partial charge in [-0.2, -0.15) is 0 Å². The van der Waals surface area contributed by atoms with Gasteiger partial charge < -0.3 is 34.6 Å². The first-order valence-electron chi connectivity index (χ1n) is 11.3. The van der Waals surface area contributed by atoms with Gasteiger partial charge in [-0.05, 0) is 52.2 Å². The topological polar surface area (TPSA) is 126 Å². The molecule has 188 valence electrons. The van der Waals surface area contributed by atoms with E-state index in [0.717, 1.165) is 18.4 Å². The zero-order valence-corrected chi connectivity index (χ0v) is 20.6. The van der Waals surface area contributed by atoms with Crippen LogP contribution >= 0.6 is 0 Å². The van der Waals surface area contributed by atoms with Crippen LogP contribution in [0.4, 0.5) is 0 Å². The van der Waals surface area contributed by atoms with Crippen molar-refractivity contribution in [2.24, 2.45) is 0 Å². The van der Waals surface area contributed by atoms with Crippen LogP contribution in [0.2, 0.25) is 0 Å². The van der Waals surface area contributed by atoms with Gasteiger partial charge in [0.2, 0.25) is 11.5 Å². The smallest absolute Gasteiger partial charge is 0.202 e. The number of rotatable bonds is 8. The summed E-state index contributed by atoms with van der Waals surface area (Å²) in [5, 5.41) is 42.4. The molecule has 8 nitrogen and oxygen atoms in total. The summed E-state index contributed by atoms with van der Waals surface area (Å²) in [5.74, 6) is -1.54. The number of Topliss-reactive ketones (excluding diaryl/α,β-unsaturated/α-hetero) is 1. The predicted molar refractivity (Wildman–Crippen MR) is 131 cm³/mol. The third-order valence-electron chi connectivity index (χ3n) is 5.98. The number of ketones is 1. The quantitative estimate of drug-likeness (QED) is 0.396. The summed E-state index contributed by atoms with van der Waals surface area (Å²) in [6, 6.07) is 4.10. The molecular formula is C27H32O8. The molecule has 3 rings (SSSR count). The van der Waals surface area contributed by atoms with Crippen molar-refractivity contribution in [3.63, 3.8) is 0 Å². The fraction of sp³-hybridized carbons (Fsp3) is 0.370. The molecule has 2 unspecified atom stereocenters. The van der Waals surface area contributed by atoms with Gasteiger partial charge in [-0.3, -0.25) is 4.79 Å². The van der Waals surface area contributed by atoms with Crippen LogP contribution in [-0.2, 0) is 6.42 Å². The van der Waals surface area contributed by atoms with Crippen LogP contribution in [-0.4, -0.2) is 46.5 Å². The summed E-state index contributed by atoms with van der Waals surface area (Å²) in [5.41, 5.74) is 2.62. The number of aliphatic hydroxyl groups is 1. The fourth-order valence-corrected chi connectivity index (χ4v) is 3.99. The van der Waals surface area contributed by atoms with E-state index in [-0.39, 0.29) is 46.3 Å². The average Bonchev–Trinajstić information content (AvgIpc) is 2.81. The van der Waals surface area contributed by atoms with Crippen LogP contribution in [0.25, 0.3) is 0 Å². The maximum atomic E-state index is 13.1. The number of allylic oxidation sites excluding steroid dienone is 4. The molecule has 0 fully saturated rings. The van der Waals surface area contributed by atoms with Gasteiger partial charge in [0.25, 0.3) is 0 Å². The van der Waals surface area contributed by atoms with Gasteiger partial charge in [0.05, 0.1) is 14.2 Å². The van der Waals surface area contributed by atoms with Gasteiger partial charge in [0.1, 0.15) is 22.8 Å². The predicted octanol–water partition coefficient (Wildman–Crippen LogP) is 4.73. The first-order chi connectivity index (χ1) is 16.6. The molecule has 0 spiro atoms. The largest absolute Gasteiger partial charge is 0.507 e. The van der Waals surface area contributed by atoms with Crippen molar-refractivity contribution in [1.82, 2.24) is 0 Å². The molecule has 4 N–H and O–H groups in total. The van der Waals surface area contributed by atoms with E-state index in [2.05, 4.69) is 6.08 Å². The van der Waals surface area contributed by atoms with Gasteiger partial charge in [0.15, 0.2) is 23.7 Å². The number of phenols is 3. The third kappa shape index (κ3) is 5.38. The van der Waals surface area contributed by atoms with Crippen molar-refractivity contribution in [3.8, 4) is 34.5 Å². The zero-order chi connectivity index (χ0) is 25.9. The molecule has 0 saturated carbocycles. The number of carbonyl (C=O) groups is 1. The van der Waals surface area contributed by atoms with Crippen LogP contribution in [0.3, 0.4) is 0 Å². The molecule has 1 aliphatic heterocycles. The van der Waals surface area contributed by atoms with Gasteiger partial charge in [-0.15, -0.1) is 0 Å². The van der Waals surface area contributed by atoms with E-state index in [0.29, 0.717) is 5.56 Å². The second kappa shape index (κ2) is 10.7. The Morgan fingerprint density at radius 1 is 1.00 bits per heavy atom. The molecule has 0 aromatic heterocycles. The van der Waals surface area contributed by atoms with E-state index in [4.69, 9.17) is 14.2 Å². The lowest BCUT2D eigenvalue weighted by Crippen LogP contribution is -2.36. The number of fused-ring (bicyclic) bond motifs is 1. The van der Waals surface area contributed by atoms with E-state index in [1.165, 1.54) is 38.0 Å². The lowest BCUT2D eigenvalue weighted by atomic mass is 9.90. The standard InChI is InChI=1S/C27H32O8/c1-14(2)7-6-8-15(3)9-10-17-18(28)13-19-22(23(17)29)25(31)26(32)27(35-19)16-11-20(33-4)24(30)21(12-16)34-5/h7,9,11-13,26-30,32H,6,8,10H2,1-5H3. The molecule has 0 bridgehead atoms. The summed E-state index contributed by atoms with van der Waals surface area (Å²) >= 11 is 0. The monoisotopic (exact) mass is 484 g/mol. The Kier molecular flexibility index (Phi) is 7.96. The van der Waals surface area contributed by atoms with E-state index < -0.39 is 23.7 Å².